The molecular weight excluding hydrogens is 466 g/mol. The van der Waals surface area contributed by atoms with Crippen LogP contribution < -0.4 is 4.90 Å². The van der Waals surface area contributed by atoms with Gasteiger partial charge in [-0.3, -0.25) is 9.69 Å². The Labute approximate surface area is 187 Å². The number of fused-ring (bicyclic) bond motifs is 2. The van der Waals surface area contributed by atoms with Crippen LogP contribution in [0.1, 0.15) is 37.0 Å². The van der Waals surface area contributed by atoms with Crippen LogP contribution in [-0.4, -0.2) is 55.1 Å². The van der Waals surface area contributed by atoms with E-state index in [1.807, 2.05) is 30.3 Å². The second kappa shape index (κ2) is 7.38. The topological polar surface area (TPSA) is 92.8 Å². The Morgan fingerprint density at radius 3 is 2.61 bits per heavy atom. The molecule has 0 spiro atoms. The van der Waals surface area contributed by atoms with E-state index in [1.165, 1.54) is 14.4 Å². The molecule has 0 aliphatic carbocycles. The van der Waals surface area contributed by atoms with Gasteiger partial charge >= 0.3 is 6.09 Å². The summed E-state index contributed by atoms with van der Waals surface area (Å²) in [5.41, 5.74) is 0.861. The molecule has 1 aromatic carbocycles. The number of imidazole rings is 1. The Morgan fingerprint density at radius 2 is 1.94 bits per heavy atom. The van der Waals surface area contributed by atoms with Gasteiger partial charge in [-0.15, -0.1) is 0 Å². The van der Waals surface area contributed by atoms with Crippen molar-refractivity contribution in [1.82, 2.24) is 19.0 Å². The largest absolute Gasteiger partial charge is 0.443 e. The molecule has 1 N–H and O–H groups in total. The van der Waals surface area contributed by atoms with E-state index in [-0.39, 0.29) is 12.5 Å². The first-order chi connectivity index (χ1) is 14.5. The summed E-state index contributed by atoms with van der Waals surface area (Å²) >= 11 is 3.33. The molecule has 3 aromatic rings. The summed E-state index contributed by atoms with van der Waals surface area (Å²) in [6.07, 6.45) is -1.79. The lowest BCUT2D eigenvalue weighted by molar-refractivity contribution is -0.00209. The number of carbonyl (C=O) groups is 2. The Kier molecular flexibility index (Phi) is 5.09. The first-order valence-corrected chi connectivity index (χ1v) is 10.6. The van der Waals surface area contributed by atoms with Crippen LogP contribution >= 0.6 is 15.9 Å². The number of anilines is 1. The van der Waals surface area contributed by atoms with E-state index in [2.05, 4.69) is 20.9 Å². The molecule has 10 heteroatoms. The molecular formula is C21H24BrN5O4. The molecule has 9 nitrogen and oxygen atoms in total. The fraction of sp³-hybridized carbons (Fsp3) is 0.381. The number of nitrogens with zero attached hydrogens (tertiary/aromatic N) is 5. The summed E-state index contributed by atoms with van der Waals surface area (Å²) in [5, 5.41) is 11.7. The number of benzene rings is 1. The maximum absolute atomic E-state index is 13.3. The van der Waals surface area contributed by atoms with Crippen LogP contribution in [0.5, 0.6) is 0 Å². The number of ether oxygens (including phenoxy) is 1. The minimum absolute atomic E-state index is 0.000498. The maximum Gasteiger partial charge on any atom is 0.419 e. The molecule has 1 atom stereocenters. The molecule has 0 saturated carbocycles. The fourth-order valence-electron chi connectivity index (χ4n) is 3.68. The number of carbonyl (C=O) groups excluding carboxylic acids is 2. The normalized spacial score (nSPS) is 16.7. The summed E-state index contributed by atoms with van der Waals surface area (Å²) in [6.45, 7) is 5.39. The molecule has 1 unspecified atom stereocenters. The summed E-state index contributed by atoms with van der Waals surface area (Å²) < 4.78 is 9.16. The lowest BCUT2D eigenvalue weighted by atomic mass is 10.2. The van der Waals surface area contributed by atoms with E-state index in [1.54, 1.807) is 39.4 Å². The average molecular weight is 490 g/mol. The van der Waals surface area contributed by atoms with Crippen LogP contribution in [0.2, 0.25) is 0 Å². The third kappa shape index (κ3) is 3.59. The number of hydrogen-bond acceptors (Lipinski definition) is 6. The molecule has 164 valence electrons. The minimum Gasteiger partial charge on any atom is -0.443 e. The number of aliphatic hydroxyl groups is 1. The van der Waals surface area contributed by atoms with Crippen LogP contribution in [0, 0.1) is 0 Å². The van der Waals surface area contributed by atoms with Gasteiger partial charge in [-0.05, 0) is 48.8 Å². The number of amides is 1. The van der Waals surface area contributed by atoms with Crippen molar-refractivity contribution in [3.63, 3.8) is 0 Å². The highest BCUT2D eigenvalue weighted by molar-refractivity contribution is 9.10. The lowest BCUT2D eigenvalue weighted by Crippen LogP contribution is -2.54. The molecule has 0 saturated heterocycles. The summed E-state index contributed by atoms with van der Waals surface area (Å²) in [7, 11) is 3.38. The van der Waals surface area contributed by atoms with Crippen molar-refractivity contribution >= 4 is 44.7 Å². The first kappa shape index (κ1) is 21.4. The van der Waals surface area contributed by atoms with E-state index < -0.39 is 18.0 Å². The standard InChI is InChI=1S/C21H24BrN5O4/c1-21(2,3)31-20(30)27-13(10-12-8-6-7-9-14(12)27)11-26-17(28)15-16(25(5)19(26)29)23-18(22)24(15)4/h6-10,19,29H,11H2,1-5H3. The van der Waals surface area contributed by atoms with Gasteiger partial charge in [0.05, 0.1) is 12.1 Å². The minimum atomic E-state index is -1.24. The van der Waals surface area contributed by atoms with Gasteiger partial charge in [-0.25, -0.2) is 14.3 Å². The zero-order valence-electron chi connectivity index (χ0n) is 18.0. The van der Waals surface area contributed by atoms with E-state index in [0.717, 1.165) is 5.39 Å². The van der Waals surface area contributed by atoms with Gasteiger partial charge in [0.2, 0.25) is 6.35 Å². The van der Waals surface area contributed by atoms with Gasteiger partial charge in [0, 0.05) is 25.2 Å². The van der Waals surface area contributed by atoms with Crippen molar-refractivity contribution in [2.24, 2.45) is 7.05 Å². The van der Waals surface area contributed by atoms with Gasteiger partial charge in [0.25, 0.3) is 5.91 Å². The van der Waals surface area contributed by atoms with Gasteiger partial charge in [0.15, 0.2) is 16.2 Å². The zero-order valence-corrected chi connectivity index (χ0v) is 19.5. The van der Waals surface area contributed by atoms with Crippen molar-refractivity contribution in [3.05, 3.63) is 46.5 Å². The predicted molar refractivity (Wildman–Crippen MR) is 119 cm³/mol. The second-order valence-corrected chi connectivity index (χ2v) is 9.22. The average Bonchev–Trinajstić information content (AvgIpc) is 3.19. The Morgan fingerprint density at radius 1 is 1.26 bits per heavy atom. The highest BCUT2D eigenvalue weighted by Gasteiger charge is 2.39. The van der Waals surface area contributed by atoms with Crippen LogP contribution in [-0.2, 0) is 18.3 Å². The Balaban J connectivity index is 1.78. The third-order valence-electron chi connectivity index (χ3n) is 5.14. The van der Waals surface area contributed by atoms with Crippen LogP contribution in [0.4, 0.5) is 10.6 Å². The molecule has 4 rings (SSSR count). The summed E-state index contributed by atoms with van der Waals surface area (Å²) in [6, 6.07) is 9.24. The summed E-state index contributed by atoms with van der Waals surface area (Å²) in [4.78, 5) is 33.4. The zero-order chi connectivity index (χ0) is 22.7. The Hall–Kier alpha value is -2.85. The first-order valence-electron chi connectivity index (χ1n) is 9.76. The maximum atomic E-state index is 13.3. The van der Waals surface area contributed by atoms with E-state index in [0.29, 0.717) is 27.5 Å². The van der Waals surface area contributed by atoms with Gasteiger partial charge in [0.1, 0.15) is 5.60 Å². The molecule has 3 heterocycles. The molecule has 2 aromatic heterocycles. The molecule has 0 fully saturated rings. The van der Waals surface area contributed by atoms with Crippen molar-refractivity contribution in [3.8, 4) is 0 Å². The summed E-state index contributed by atoms with van der Waals surface area (Å²) in [5.74, 6) is -0.00175. The molecule has 0 bridgehead atoms. The van der Waals surface area contributed by atoms with E-state index in [9.17, 15) is 14.7 Å². The lowest BCUT2D eigenvalue weighted by Gasteiger charge is -2.38. The SMILES string of the molecule is CN1c2nc(Br)n(C)c2C(=O)N(Cc2cc3ccccc3n2C(=O)OC(C)(C)C)C1O. The molecule has 1 amide bonds. The van der Waals surface area contributed by atoms with Crippen LogP contribution in [0.15, 0.2) is 35.1 Å². The van der Waals surface area contributed by atoms with E-state index >= 15 is 0 Å². The number of aliphatic hydroxyl groups excluding tert-OH is 1. The molecule has 1 aliphatic heterocycles. The molecule has 1 aliphatic rings. The molecule has 0 radical (unpaired) electrons. The fourth-order valence-corrected chi connectivity index (χ4v) is 4.03. The number of hydrogen-bond donors (Lipinski definition) is 1. The van der Waals surface area contributed by atoms with Gasteiger partial charge in [-0.1, -0.05) is 18.2 Å². The van der Waals surface area contributed by atoms with Crippen molar-refractivity contribution in [1.29, 1.82) is 0 Å². The molecule has 31 heavy (non-hydrogen) atoms. The quantitative estimate of drug-likeness (QED) is 0.593. The van der Waals surface area contributed by atoms with E-state index in [4.69, 9.17) is 4.74 Å². The van der Waals surface area contributed by atoms with Crippen LogP contribution in [0.3, 0.4) is 0 Å². The number of rotatable bonds is 2. The third-order valence-corrected chi connectivity index (χ3v) is 5.85. The van der Waals surface area contributed by atoms with Crippen molar-refractivity contribution < 1.29 is 19.4 Å². The van der Waals surface area contributed by atoms with Gasteiger partial charge < -0.3 is 19.3 Å². The van der Waals surface area contributed by atoms with Gasteiger partial charge in [-0.2, -0.15) is 0 Å². The number of halogens is 1. The predicted octanol–water partition coefficient (Wildman–Crippen LogP) is 3.29. The monoisotopic (exact) mass is 489 g/mol. The Bertz CT molecular complexity index is 1190. The highest BCUT2D eigenvalue weighted by Crippen LogP contribution is 2.32. The highest BCUT2D eigenvalue weighted by atomic mass is 79.9. The second-order valence-electron chi connectivity index (χ2n) is 8.51. The van der Waals surface area contributed by atoms with Crippen LogP contribution in [0.25, 0.3) is 10.9 Å². The van der Waals surface area contributed by atoms with Crippen molar-refractivity contribution in [2.75, 3.05) is 11.9 Å². The number of para-hydroxylation sites is 1. The number of aromatic nitrogens is 3. The smallest absolute Gasteiger partial charge is 0.419 e. The van der Waals surface area contributed by atoms with Crippen molar-refractivity contribution in [2.45, 2.75) is 39.3 Å².